The summed E-state index contributed by atoms with van der Waals surface area (Å²) >= 11 is 0. The van der Waals surface area contributed by atoms with Gasteiger partial charge in [-0.3, -0.25) is 0 Å². The normalized spacial score (nSPS) is 41.5. The Morgan fingerprint density at radius 1 is 1.00 bits per heavy atom. The Bertz CT molecular complexity index is 201. The second kappa shape index (κ2) is 2.73. The van der Waals surface area contributed by atoms with Crippen molar-refractivity contribution in [3.05, 3.63) is 0 Å². The molecule has 13 heavy (non-hydrogen) atoms. The number of rotatable bonds is 1. The average molecular weight is 181 g/mol. The summed E-state index contributed by atoms with van der Waals surface area (Å²) in [7, 11) is 0. The molecule has 1 nitrogen and oxygen atoms in total. The second-order valence-corrected chi connectivity index (χ2v) is 6.04. The van der Waals surface area contributed by atoms with Crippen LogP contribution in [-0.4, -0.2) is 6.04 Å². The highest BCUT2D eigenvalue weighted by Gasteiger charge is 2.62. The predicted octanol–water partition coefficient (Wildman–Crippen LogP) is 2.94. The largest absolute Gasteiger partial charge is 0.327 e. The minimum Gasteiger partial charge on any atom is -0.327 e. The molecular formula is C12H23N. The van der Waals surface area contributed by atoms with E-state index >= 15 is 0 Å². The first kappa shape index (κ1) is 9.51. The van der Waals surface area contributed by atoms with E-state index in [-0.39, 0.29) is 0 Å². The Labute approximate surface area is 82.1 Å². The molecule has 0 amide bonds. The Hall–Kier alpha value is -0.0400. The van der Waals surface area contributed by atoms with Gasteiger partial charge >= 0.3 is 0 Å². The van der Waals surface area contributed by atoms with Crippen LogP contribution in [0.5, 0.6) is 0 Å². The van der Waals surface area contributed by atoms with Crippen LogP contribution in [0.4, 0.5) is 0 Å². The van der Waals surface area contributed by atoms with Crippen LogP contribution in [0.2, 0.25) is 0 Å². The quantitative estimate of drug-likeness (QED) is 0.661. The predicted molar refractivity (Wildman–Crippen MR) is 56.4 cm³/mol. The smallest absolute Gasteiger partial charge is 0.0133 e. The molecule has 2 fully saturated rings. The highest BCUT2D eigenvalue weighted by Crippen LogP contribution is 2.63. The molecule has 0 heterocycles. The molecule has 2 N–H and O–H groups in total. The monoisotopic (exact) mass is 181 g/mol. The van der Waals surface area contributed by atoms with Gasteiger partial charge < -0.3 is 5.73 Å². The van der Waals surface area contributed by atoms with Crippen molar-refractivity contribution in [1.29, 1.82) is 0 Å². The molecule has 0 aromatic heterocycles. The van der Waals surface area contributed by atoms with Crippen molar-refractivity contribution in [2.24, 2.45) is 22.5 Å². The minimum atomic E-state index is 0.423. The van der Waals surface area contributed by atoms with E-state index in [9.17, 15) is 0 Å². The highest BCUT2D eigenvalue weighted by atomic mass is 14.9. The fourth-order valence-electron chi connectivity index (χ4n) is 3.68. The van der Waals surface area contributed by atoms with Crippen LogP contribution < -0.4 is 5.73 Å². The SMILES string of the molecule is CC1([C@H]2[C@H](N)C2(C)C)CCCCC1. The van der Waals surface area contributed by atoms with Gasteiger partial charge in [-0.2, -0.15) is 0 Å². The molecular weight excluding hydrogens is 158 g/mol. The van der Waals surface area contributed by atoms with Gasteiger partial charge in [-0.1, -0.05) is 40.0 Å². The third-order valence-electron chi connectivity index (χ3n) is 4.66. The van der Waals surface area contributed by atoms with Crippen molar-refractivity contribution in [3.8, 4) is 0 Å². The van der Waals surface area contributed by atoms with Gasteiger partial charge in [0.05, 0.1) is 0 Å². The molecule has 76 valence electrons. The van der Waals surface area contributed by atoms with E-state index in [2.05, 4.69) is 20.8 Å². The molecule has 0 unspecified atom stereocenters. The summed E-state index contributed by atoms with van der Waals surface area (Å²) in [6.07, 6.45) is 7.12. The van der Waals surface area contributed by atoms with E-state index in [4.69, 9.17) is 5.73 Å². The van der Waals surface area contributed by atoms with E-state index < -0.39 is 0 Å². The van der Waals surface area contributed by atoms with Crippen LogP contribution in [0.25, 0.3) is 0 Å². The van der Waals surface area contributed by atoms with E-state index in [0.717, 1.165) is 5.92 Å². The van der Waals surface area contributed by atoms with Gasteiger partial charge in [0, 0.05) is 6.04 Å². The molecule has 0 spiro atoms. The molecule has 0 aromatic rings. The molecule has 0 bridgehead atoms. The maximum atomic E-state index is 6.16. The van der Waals surface area contributed by atoms with Crippen molar-refractivity contribution in [2.75, 3.05) is 0 Å². The topological polar surface area (TPSA) is 26.0 Å². The molecule has 0 saturated heterocycles. The van der Waals surface area contributed by atoms with E-state index in [1.165, 1.54) is 32.1 Å². The lowest BCUT2D eigenvalue weighted by molar-refractivity contribution is 0.157. The minimum absolute atomic E-state index is 0.423. The Kier molecular flexibility index (Phi) is 1.99. The maximum absolute atomic E-state index is 6.16. The zero-order valence-corrected chi connectivity index (χ0v) is 9.27. The summed E-state index contributed by atoms with van der Waals surface area (Å²) in [5.41, 5.74) is 7.15. The van der Waals surface area contributed by atoms with Gasteiger partial charge in [-0.05, 0) is 29.6 Å². The fourth-order valence-corrected chi connectivity index (χ4v) is 3.68. The van der Waals surface area contributed by atoms with Gasteiger partial charge in [0.1, 0.15) is 0 Å². The van der Waals surface area contributed by atoms with Crippen molar-refractivity contribution >= 4 is 0 Å². The third kappa shape index (κ3) is 1.32. The Morgan fingerprint density at radius 2 is 1.46 bits per heavy atom. The Morgan fingerprint density at radius 3 is 1.85 bits per heavy atom. The lowest BCUT2D eigenvalue weighted by Gasteiger charge is -2.35. The van der Waals surface area contributed by atoms with Crippen LogP contribution in [0.15, 0.2) is 0 Å². The van der Waals surface area contributed by atoms with Crippen LogP contribution in [-0.2, 0) is 0 Å². The lowest BCUT2D eigenvalue weighted by Crippen LogP contribution is -2.26. The van der Waals surface area contributed by atoms with Crippen LogP contribution in [0.3, 0.4) is 0 Å². The molecule has 2 rings (SSSR count). The Balaban J connectivity index is 2.08. The first-order valence-electron chi connectivity index (χ1n) is 5.74. The van der Waals surface area contributed by atoms with Crippen molar-refractivity contribution in [3.63, 3.8) is 0 Å². The first-order chi connectivity index (χ1) is 5.98. The molecule has 2 atom stereocenters. The van der Waals surface area contributed by atoms with Crippen LogP contribution in [0.1, 0.15) is 52.9 Å². The molecule has 2 saturated carbocycles. The fraction of sp³-hybridized carbons (Fsp3) is 1.00. The van der Waals surface area contributed by atoms with Gasteiger partial charge in [0.2, 0.25) is 0 Å². The van der Waals surface area contributed by atoms with Crippen LogP contribution >= 0.6 is 0 Å². The number of nitrogens with two attached hydrogens (primary N) is 1. The molecule has 0 aromatic carbocycles. The van der Waals surface area contributed by atoms with Crippen molar-refractivity contribution in [1.82, 2.24) is 0 Å². The lowest BCUT2D eigenvalue weighted by atomic mass is 9.70. The van der Waals surface area contributed by atoms with Gasteiger partial charge in [0.15, 0.2) is 0 Å². The van der Waals surface area contributed by atoms with E-state index in [0.29, 0.717) is 16.9 Å². The molecule has 0 radical (unpaired) electrons. The summed E-state index contributed by atoms with van der Waals surface area (Å²) in [4.78, 5) is 0. The number of hydrogen-bond acceptors (Lipinski definition) is 1. The highest BCUT2D eigenvalue weighted by molar-refractivity contribution is 5.15. The molecule has 2 aliphatic carbocycles. The van der Waals surface area contributed by atoms with Gasteiger partial charge in [-0.15, -0.1) is 0 Å². The summed E-state index contributed by atoms with van der Waals surface area (Å²) in [5, 5.41) is 0. The standard InChI is InChI=1S/C12H23N/c1-11(2)9(10(11)13)12(3)7-5-4-6-8-12/h9-10H,4-8,13H2,1-3H3/t9-,10-/m0/s1. The zero-order valence-electron chi connectivity index (χ0n) is 9.27. The molecule has 0 aliphatic heterocycles. The van der Waals surface area contributed by atoms with Crippen molar-refractivity contribution < 1.29 is 0 Å². The molecule has 1 heteroatoms. The average Bonchev–Trinajstić information content (AvgIpc) is 2.53. The summed E-state index contributed by atoms with van der Waals surface area (Å²) < 4.78 is 0. The second-order valence-electron chi connectivity index (χ2n) is 6.04. The summed E-state index contributed by atoms with van der Waals surface area (Å²) in [5.74, 6) is 0.792. The third-order valence-corrected chi connectivity index (χ3v) is 4.66. The summed E-state index contributed by atoms with van der Waals surface area (Å²) in [6.45, 7) is 7.13. The maximum Gasteiger partial charge on any atom is 0.0133 e. The zero-order chi connectivity index (χ0) is 9.69. The summed E-state index contributed by atoms with van der Waals surface area (Å²) in [6, 6.07) is 0.468. The van der Waals surface area contributed by atoms with E-state index in [1.54, 1.807) is 0 Å². The first-order valence-corrected chi connectivity index (χ1v) is 5.74. The number of hydrogen-bond donors (Lipinski definition) is 1. The van der Waals surface area contributed by atoms with Gasteiger partial charge in [0.25, 0.3) is 0 Å². The van der Waals surface area contributed by atoms with Crippen molar-refractivity contribution in [2.45, 2.75) is 58.9 Å². The van der Waals surface area contributed by atoms with Crippen LogP contribution in [0, 0.1) is 16.7 Å². The van der Waals surface area contributed by atoms with E-state index in [1.807, 2.05) is 0 Å². The van der Waals surface area contributed by atoms with Gasteiger partial charge in [-0.25, -0.2) is 0 Å². The molecule has 2 aliphatic rings.